The monoisotopic (exact) mass is 526 g/mol. The lowest BCUT2D eigenvalue weighted by molar-refractivity contribution is -0.140. The smallest absolute Gasteiger partial charge is 0.346 e. The van der Waals surface area contributed by atoms with Crippen molar-refractivity contribution in [3.8, 4) is 22.6 Å². The van der Waals surface area contributed by atoms with Crippen LogP contribution in [0, 0.1) is 5.92 Å². The Morgan fingerprint density at radius 3 is 1.53 bits per heavy atom. The number of carbonyl (C=O) groups is 1. The molecule has 212 valence electrons. The summed E-state index contributed by atoms with van der Waals surface area (Å²) in [6.07, 6.45) is 17.6. The molecule has 0 aliphatic carbocycles. The Kier molecular flexibility index (Phi) is 16.5. The van der Waals surface area contributed by atoms with Gasteiger partial charge >= 0.3 is 5.97 Å². The third-order valence-corrected chi connectivity index (χ3v) is 6.96. The summed E-state index contributed by atoms with van der Waals surface area (Å²) >= 11 is 0. The van der Waals surface area contributed by atoms with Crippen molar-refractivity contribution in [3.05, 3.63) is 48.5 Å². The SMILES string of the molecule is CCCCCCCCCCCCCCCCOc1ccc(-c2ccc(OC(=O)C(F)CC(C)C)cc2)cc1. The summed E-state index contributed by atoms with van der Waals surface area (Å²) in [5.41, 5.74) is 2.05. The highest BCUT2D eigenvalue weighted by atomic mass is 19.1. The van der Waals surface area contributed by atoms with E-state index < -0.39 is 12.1 Å². The average Bonchev–Trinajstić information content (AvgIpc) is 2.91. The van der Waals surface area contributed by atoms with E-state index in [0.717, 1.165) is 29.9 Å². The van der Waals surface area contributed by atoms with Crippen LogP contribution in [-0.4, -0.2) is 18.7 Å². The first-order valence-corrected chi connectivity index (χ1v) is 15.2. The fourth-order valence-electron chi connectivity index (χ4n) is 4.64. The predicted molar refractivity (Wildman–Crippen MR) is 158 cm³/mol. The second kappa shape index (κ2) is 19.7. The number of benzene rings is 2. The van der Waals surface area contributed by atoms with E-state index in [-0.39, 0.29) is 12.3 Å². The van der Waals surface area contributed by atoms with Crippen molar-refractivity contribution in [1.82, 2.24) is 0 Å². The van der Waals surface area contributed by atoms with Gasteiger partial charge in [-0.3, -0.25) is 0 Å². The number of alkyl halides is 1. The Labute approximate surface area is 231 Å². The molecule has 2 aromatic carbocycles. The Balaban J connectivity index is 1.54. The molecule has 4 heteroatoms. The van der Waals surface area contributed by atoms with Crippen molar-refractivity contribution < 1.29 is 18.7 Å². The Morgan fingerprint density at radius 2 is 1.08 bits per heavy atom. The third kappa shape index (κ3) is 14.0. The van der Waals surface area contributed by atoms with Gasteiger partial charge in [0.05, 0.1) is 6.61 Å². The van der Waals surface area contributed by atoms with Gasteiger partial charge < -0.3 is 9.47 Å². The maximum atomic E-state index is 13.9. The summed E-state index contributed by atoms with van der Waals surface area (Å²) in [5.74, 6) is 0.518. The first-order valence-electron chi connectivity index (χ1n) is 15.2. The molecular weight excluding hydrogens is 475 g/mol. The fraction of sp³-hybridized carbons (Fsp3) is 0.618. The number of hydrogen-bond acceptors (Lipinski definition) is 3. The molecule has 0 amide bonds. The second-order valence-corrected chi connectivity index (χ2v) is 11.0. The number of halogens is 1. The van der Waals surface area contributed by atoms with Crippen LogP contribution in [0.3, 0.4) is 0 Å². The maximum absolute atomic E-state index is 13.9. The van der Waals surface area contributed by atoms with Crippen molar-refractivity contribution in [1.29, 1.82) is 0 Å². The zero-order valence-corrected chi connectivity index (χ0v) is 24.2. The number of hydrogen-bond donors (Lipinski definition) is 0. The minimum Gasteiger partial charge on any atom is -0.494 e. The number of esters is 1. The Bertz CT molecular complexity index is 860. The molecule has 0 spiro atoms. The highest BCUT2D eigenvalue weighted by Gasteiger charge is 2.20. The molecule has 0 saturated carbocycles. The maximum Gasteiger partial charge on any atom is 0.346 e. The second-order valence-electron chi connectivity index (χ2n) is 11.0. The zero-order valence-electron chi connectivity index (χ0n) is 24.2. The van der Waals surface area contributed by atoms with E-state index in [1.807, 2.05) is 50.2 Å². The number of carbonyl (C=O) groups excluding carboxylic acids is 1. The highest BCUT2D eigenvalue weighted by Crippen LogP contribution is 2.25. The molecule has 1 atom stereocenters. The summed E-state index contributed by atoms with van der Waals surface area (Å²) < 4.78 is 25.0. The zero-order chi connectivity index (χ0) is 27.4. The Morgan fingerprint density at radius 1 is 0.658 bits per heavy atom. The van der Waals surface area contributed by atoms with Gasteiger partial charge in [-0.25, -0.2) is 9.18 Å². The summed E-state index contributed by atoms with van der Waals surface area (Å²) in [4.78, 5) is 11.9. The minimum absolute atomic E-state index is 0.103. The molecule has 0 heterocycles. The Hall–Kier alpha value is -2.36. The topological polar surface area (TPSA) is 35.5 Å². The normalized spacial score (nSPS) is 12.0. The van der Waals surface area contributed by atoms with Crippen LogP contribution < -0.4 is 9.47 Å². The van der Waals surface area contributed by atoms with Crippen LogP contribution in [0.1, 0.15) is 117 Å². The van der Waals surface area contributed by atoms with Gasteiger partial charge in [0, 0.05) is 0 Å². The van der Waals surface area contributed by atoms with Crippen LogP contribution in [0.25, 0.3) is 11.1 Å². The van der Waals surface area contributed by atoms with Crippen molar-refractivity contribution in [2.45, 2.75) is 123 Å². The molecule has 0 aliphatic heterocycles. The minimum atomic E-state index is -1.59. The van der Waals surface area contributed by atoms with Gasteiger partial charge in [0.1, 0.15) is 11.5 Å². The number of ether oxygens (including phenoxy) is 2. The summed E-state index contributed by atoms with van der Waals surface area (Å²) in [6, 6.07) is 15.2. The van der Waals surface area contributed by atoms with Gasteiger partial charge in [0.15, 0.2) is 6.17 Å². The molecule has 1 unspecified atom stereocenters. The predicted octanol–water partition coefficient (Wildman–Crippen LogP) is 10.5. The van der Waals surface area contributed by atoms with Gasteiger partial charge in [-0.1, -0.05) is 129 Å². The van der Waals surface area contributed by atoms with Gasteiger partial charge in [-0.05, 0) is 54.2 Å². The van der Waals surface area contributed by atoms with Crippen molar-refractivity contribution in [2.75, 3.05) is 6.61 Å². The molecule has 0 aliphatic rings. The third-order valence-electron chi connectivity index (χ3n) is 6.96. The van der Waals surface area contributed by atoms with Gasteiger partial charge in [0.2, 0.25) is 0 Å². The van der Waals surface area contributed by atoms with Crippen LogP contribution in [0.5, 0.6) is 11.5 Å². The molecule has 0 radical (unpaired) electrons. The van der Waals surface area contributed by atoms with Gasteiger partial charge in [-0.2, -0.15) is 0 Å². The molecule has 0 N–H and O–H groups in total. The van der Waals surface area contributed by atoms with E-state index in [2.05, 4.69) is 6.92 Å². The van der Waals surface area contributed by atoms with Crippen molar-refractivity contribution in [3.63, 3.8) is 0 Å². The van der Waals surface area contributed by atoms with E-state index in [0.29, 0.717) is 5.75 Å². The lowest BCUT2D eigenvalue weighted by Gasteiger charge is -2.11. The standard InChI is InChI=1S/C34H51FO3/c1-4-5-6-7-8-9-10-11-12-13-14-15-16-17-26-37-31-22-18-29(19-23-31)30-20-24-32(25-21-30)38-34(36)33(35)27-28(2)3/h18-25,28,33H,4-17,26-27H2,1-3H3. The molecule has 38 heavy (non-hydrogen) atoms. The summed E-state index contributed by atoms with van der Waals surface area (Å²) in [7, 11) is 0. The molecule has 0 aromatic heterocycles. The van der Waals surface area contributed by atoms with Crippen molar-refractivity contribution in [2.24, 2.45) is 5.92 Å². The largest absolute Gasteiger partial charge is 0.494 e. The average molecular weight is 527 g/mol. The fourth-order valence-corrected chi connectivity index (χ4v) is 4.64. The molecule has 0 saturated heterocycles. The van der Waals surface area contributed by atoms with E-state index >= 15 is 0 Å². The van der Waals surface area contributed by atoms with Crippen LogP contribution in [0.4, 0.5) is 4.39 Å². The van der Waals surface area contributed by atoms with Crippen LogP contribution >= 0.6 is 0 Å². The van der Waals surface area contributed by atoms with Crippen LogP contribution in [0.15, 0.2) is 48.5 Å². The number of unbranched alkanes of at least 4 members (excludes halogenated alkanes) is 13. The highest BCUT2D eigenvalue weighted by molar-refractivity contribution is 5.77. The van der Waals surface area contributed by atoms with Crippen LogP contribution in [-0.2, 0) is 4.79 Å². The molecule has 0 fully saturated rings. The lowest BCUT2D eigenvalue weighted by Crippen LogP contribution is -2.23. The number of rotatable bonds is 21. The van der Waals surface area contributed by atoms with Crippen LogP contribution in [0.2, 0.25) is 0 Å². The van der Waals surface area contributed by atoms with Crippen molar-refractivity contribution >= 4 is 5.97 Å². The van der Waals surface area contributed by atoms with E-state index in [4.69, 9.17) is 9.47 Å². The first-order chi connectivity index (χ1) is 18.5. The lowest BCUT2D eigenvalue weighted by atomic mass is 10.0. The van der Waals surface area contributed by atoms with Gasteiger partial charge in [0.25, 0.3) is 0 Å². The molecule has 3 nitrogen and oxygen atoms in total. The first kappa shape index (κ1) is 31.9. The molecule has 2 rings (SSSR count). The van der Waals surface area contributed by atoms with E-state index in [1.54, 1.807) is 12.1 Å². The summed E-state index contributed by atoms with van der Waals surface area (Å²) in [5, 5.41) is 0. The van der Waals surface area contributed by atoms with Gasteiger partial charge in [-0.15, -0.1) is 0 Å². The summed E-state index contributed by atoms with van der Waals surface area (Å²) in [6.45, 7) is 6.79. The van der Waals surface area contributed by atoms with E-state index in [9.17, 15) is 9.18 Å². The molecule has 2 aromatic rings. The molecular formula is C34H51FO3. The van der Waals surface area contributed by atoms with E-state index in [1.165, 1.54) is 83.5 Å². The quantitative estimate of drug-likeness (QED) is 0.0922. The molecule has 0 bridgehead atoms.